The molecule has 2 aromatic heterocycles. The number of amidine groups is 1. The van der Waals surface area contributed by atoms with Crippen LogP contribution >= 0.6 is 11.8 Å². The van der Waals surface area contributed by atoms with Crippen molar-refractivity contribution in [1.29, 1.82) is 0 Å². The number of likely N-dealkylation sites (tertiary alicyclic amines) is 1. The molecular weight excluding hydrogens is 424 g/mol. The summed E-state index contributed by atoms with van der Waals surface area (Å²) in [6.45, 7) is 5.23. The Balaban J connectivity index is 1.28. The maximum atomic E-state index is 13.4. The first-order chi connectivity index (χ1) is 15.6. The number of aliphatic imine (C=N–C) groups is 1. The third-order valence-corrected chi connectivity index (χ3v) is 7.66. The van der Waals surface area contributed by atoms with Crippen molar-refractivity contribution in [2.45, 2.75) is 50.7 Å². The summed E-state index contributed by atoms with van der Waals surface area (Å²) >= 11 is 1.58. The summed E-state index contributed by atoms with van der Waals surface area (Å²) in [7, 11) is 0. The Morgan fingerprint density at radius 3 is 2.94 bits per heavy atom. The summed E-state index contributed by atoms with van der Waals surface area (Å²) in [6, 6.07) is 1.90. The molecule has 0 spiro atoms. The predicted octanol–water partition coefficient (Wildman–Crippen LogP) is 1.89. The molecule has 0 saturated carbocycles. The van der Waals surface area contributed by atoms with Crippen LogP contribution in [-0.2, 0) is 4.79 Å². The van der Waals surface area contributed by atoms with E-state index in [1.165, 1.54) is 0 Å². The zero-order valence-corrected chi connectivity index (χ0v) is 19.0. The fourth-order valence-corrected chi connectivity index (χ4v) is 6.00. The van der Waals surface area contributed by atoms with Crippen molar-refractivity contribution in [3.8, 4) is 0 Å². The number of aromatic nitrogens is 3. The Labute approximate surface area is 191 Å². The van der Waals surface area contributed by atoms with Gasteiger partial charge < -0.3 is 20.4 Å². The van der Waals surface area contributed by atoms with Gasteiger partial charge in [-0.1, -0.05) is 11.8 Å². The molecule has 10 heteroatoms. The molecular formula is C22H28N8OS. The van der Waals surface area contributed by atoms with Crippen molar-refractivity contribution in [2.24, 2.45) is 10.7 Å². The molecule has 32 heavy (non-hydrogen) atoms. The number of carbonyl (C=O) groups is 1. The number of carbonyl (C=O) groups excluding carboxylic acids is 1. The lowest BCUT2D eigenvalue weighted by atomic mass is 9.98. The van der Waals surface area contributed by atoms with E-state index in [2.05, 4.69) is 21.7 Å². The molecule has 0 aromatic carbocycles. The third kappa shape index (κ3) is 3.36. The van der Waals surface area contributed by atoms with E-state index in [1.54, 1.807) is 11.8 Å². The summed E-state index contributed by atoms with van der Waals surface area (Å²) < 4.78 is 1.86. The number of hydrogen-bond donors (Lipinski definition) is 1. The number of piperidine rings is 1. The van der Waals surface area contributed by atoms with Crippen molar-refractivity contribution < 1.29 is 4.79 Å². The van der Waals surface area contributed by atoms with Crippen LogP contribution in [0.1, 0.15) is 43.0 Å². The van der Waals surface area contributed by atoms with E-state index in [0.717, 1.165) is 73.2 Å². The van der Waals surface area contributed by atoms with Gasteiger partial charge in [0, 0.05) is 49.7 Å². The van der Waals surface area contributed by atoms with Crippen molar-refractivity contribution in [3.05, 3.63) is 35.1 Å². The van der Waals surface area contributed by atoms with Gasteiger partial charge in [0.2, 0.25) is 5.91 Å². The Kier molecular flexibility index (Phi) is 4.87. The zero-order valence-electron chi connectivity index (χ0n) is 18.2. The van der Waals surface area contributed by atoms with Crippen LogP contribution in [0.3, 0.4) is 0 Å². The second-order valence-corrected chi connectivity index (χ2v) is 10.0. The van der Waals surface area contributed by atoms with Crippen LogP contribution in [0.4, 0.5) is 5.82 Å². The average Bonchev–Trinajstić information content (AvgIpc) is 3.56. The number of aryl methyl sites for hydroxylation is 1. The first kappa shape index (κ1) is 20.0. The second kappa shape index (κ2) is 7.77. The maximum Gasteiger partial charge on any atom is 0.249 e. The van der Waals surface area contributed by atoms with Crippen molar-refractivity contribution in [2.75, 3.05) is 31.1 Å². The Bertz CT molecular complexity index is 1130. The van der Waals surface area contributed by atoms with Gasteiger partial charge in [-0.05, 0) is 38.0 Å². The lowest BCUT2D eigenvalue weighted by Crippen LogP contribution is -2.44. The predicted molar refractivity (Wildman–Crippen MR) is 125 cm³/mol. The summed E-state index contributed by atoms with van der Waals surface area (Å²) in [5.41, 5.74) is 8.94. The van der Waals surface area contributed by atoms with E-state index in [1.807, 2.05) is 33.3 Å². The first-order valence-corrected chi connectivity index (χ1v) is 12.3. The molecule has 0 aliphatic carbocycles. The van der Waals surface area contributed by atoms with Crippen LogP contribution < -0.4 is 10.6 Å². The minimum Gasteiger partial charge on any atom is -0.355 e. The maximum absolute atomic E-state index is 13.4. The zero-order chi connectivity index (χ0) is 21.8. The second-order valence-electron chi connectivity index (χ2n) is 9.14. The molecule has 2 N–H and O–H groups in total. The number of anilines is 1. The quantitative estimate of drug-likeness (QED) is 0.760. The Morgan fingerprint density at radius 2 is 2.12 bits per heavy atom. The van der Waals surface area contributed by atoms with Gasteiger partial charge >= 0.3 is 0 Å². The minimum absolute atomic E-state index is 0.0271. The fraction of sp³-hybridized carbons (Fsp3) is 0.545. The van der Waals surface area contributed by atoms with Crippen molar-refractivity contribution >= 4 is 34.3 Å². The molecule has 168 valence electrons. The first-order valence-electron chi connectivity index (χ1n) is 11.4. The smallest absolute Gasteiger partial charge is 0.249 e. The molecule has 3 atom stereocenters. The molecule has 0 bridgehead atoms. The normalized spacial score (nSPS) is 27.5. The highest BCUT2D eigenvalue weighted by Gasteiger charge is 2.38. The number of fused-ring (bicyclic) bond motifs is 2. The lowest BCUT2D eigenvalue weighted by Gasteiger charge is -2.35. The van der Waals surface area contributed by atoms with Gasteiger partial charge in [-0.15, -0.1) is 0 Å². The number of thioether (sulfide) groups is 1. The number of rotatable bonds is 3. The van der Waals surface area contributed by atoms with E-state index in [0.29, 0.717) is 6.54 Å². The van der Waals surface area contributed by atoms with E-state index in [-0.39, 0.29) is 24.0 Å². The summed E-state index contributed by atoms with van der Waals surface area (Å²) in [5, 5.41) is 7.79. The van der Waals surface area contributed by atoms with Gasteiger partial charge in [0.1, 0.15) is 11.9 Å². The molecule has 4 aliphatic heterocycles. The Hall–Kier alpha value is -2.59. The van der Waals surface area contributed by atoms with Gasteiger partial charge in [-0.3, -0.25) is 4.79 Å². The standard InChI is InChI=1S/C22H28N8OS/c1-14-11-30-19(25-20(14)27-7-5-15(23)12-27)10-16(26-30)18-4-2-3-6-29(18)21(31)17-13-28-8-9-32-22(28)24-17/h8-11,15,17-18H,2-7,12-13,23H2,1H3/t15-,17?,18-/m0/s1. The molecule has 6 rings (SSSR count). The molecule has 0 radical (unpaired) electrons. The van der Waals surface area contributed by atoms with Gasteiger partial charge in [-0.25, -0.2) is 14.5 Å². The number of nitrogens with zero attached hydrogens (tertiary/aromatic N) is 7. The number of hydrogen-bond acceptors (Lipinski definition) is 8. The van der Waals surface area contributed by atoms with E-state index < -0.39 is 0 Å². The largest absolute Gasteiger partial charge is 0.355 e. The fourth-order valence-electron chi connectivity index (χ4n) is 5.21. The van der Waals surface area contributed by atoms with Crippen LogP contribution in [0.5, 0.6) is 0 Å². The molecule has 2 aromatic rings. The van der Waals surface area contributed by atoms with E-state index in [4.69, 9.17) is 15.8 Å². The molecule has 2 saturated heterocycles. The van der Waals surface area contributed by atoms with Gasteiger partial charge in [-0.2, -0.15) is 5.10 Å². The van der Waals surface area contributed by atoms with Gasteiger partial charge in [0.15, 0.2) is 10.8 Å². The van der Waals surface area contributed by atoms with Crippen LogP contribution in [0.2, 0.25) is 0 Å². The summed E-state index contributed by atoms with van der Waals surface area (Å²) in [5.74, 6) is 1.10. The topological polar surface area (TPSA) is 95.4 Å². The molecule has 4 aliphatic rings. The highest BCUT2D eigenvalue weighted by atomic mass is 32.2. The monoisotopic (exact) mass is 452 g/mol. The highest BCUT2D eigenvalue weighted by molar-refractivity contribution is 8.16. The number of amides is 1. The Morgan fingerprint density at radius 1 is 1.22 bits per heavy atom. The van der Waals surface area contributed by atoms with Crippen LogP contribution in [0.15, 0.2) is 28.9 Å². The SMILES string of the molecule is Cc1cn2nc([C@@H]3CCCCN3C(=O)C3CN4C=CSC4=N3)cc2nc1N1CC[C@H](N)C1. The van der Waals surface area contributed by atoms with E-state index >= 15 is 0 Å². The lowest BCUT2D eigenvalue weighted by molar-refractivity contribution is -0.136. The minimum atomic E-state index is -0.327. The van der Waals surface area contributed by atoms with Gasteiger partial charge in [0.05, 0.1) is 18.3 Å². The molecule has 1 amide bonds. The van der Waals surface area contributed by atoms with Crippen LogP contribution in [-0.4, -0.2) is 73.7 Å². The summed E-state index contributed by atoms with van der Waals surface area (Å²) in [6.07, 6.45) is 8.08. The molecule has 6 heterocycles. The number of nitrogens with two attached hydrogens (primary N) is 1. The van der Waals surface area contributed by atoms with Gasteiger partial charge in [0.25, 0.3) is 0 Å². The van der Waals surface area contributed by atoms with Crippen molar-refractivity contribution in [1.82, 2.24) is 24.4 Å². The third-order valence-electron chi connectivity index (χ3n) is 6.86. The highest BCUT2D eigenvalue weighted by Crippen LogP contribution is 2.34. The van der Waals surface area contributed by atoms with Crippen molar-refractivity contribution in [3.63, 3.8) is 0 Å². The van der Waals surface area contributed by atoms with Crippen LogP contribution in [0, 0.1) is 6.92 Å². The van der Waals surface area contributed by atoms with E-state index in [9.17, 15) is 4.79 Å². The molecule has 2 fully saturated rings. The molecule has 9 nitrogen and oxygen atoms in total. The summed E-state index contributed by atoms with van der Waals surface area (Å²) in [4.78, 5) is 29.4. The van der Waals surface area contributed by atoms with Crippen LogP contribution in [0.25, 0.3) is 5.65 Å². The molecule has 1 unspecified atom stereocenters. The average molecular weight is 453 g/mol.